The Morgan fingerprint density at radius 2 is 2.27 bits per heavy atom. The summed E-state index contributed by atoms with van der Waals surface area (Å²) in [5, 5.41) is 10.7. The Morgan fingerprint density at radius 1 is 1.60 bits per heavy atom. The monoisotopic (exact) mass is 229 g/mol. The molecule has 0 fully saturated rings. The molecule has 0 saturated heterocycles. The van der Waals surface area contributed by atoms with Crippen molar-refractivity contribution in [1.29, 1.82) is 0 Å². The van der Waals surface area contributed by atoms with Gasteiger partial charge in [-0.3, -0.25) is 5.32 Å². The Hall–Kier alpha value is -1.07. The molecule has 0 spiro atoms. The van der Waals surface area contributed by atoms with Crippen molar-refractivity contribution in [3.63, 3.8) is 0 Å². The van der Waals surface area contributed by atoms with Crippen LogP contribution in [0.3, 0.4) is 0 Å². The minimum absolute atomic E-state index is 0.282. The second-order valence-corrected chi connectivity index (χ2v) is 4.21. The topological polar surface area (TPSA) is 49.3 Å². The van der Waals surface area contributed by atoms with Gasteiger partial charge in [0.15, 0.2) is 5.37 Å². The fourth-order valence-corrected chi connectivity index (χ4v) is 1.94. The molecule has 0 heterocycles. The van der Waals surface area contributed by atoms with Crippen LogP contribution in [0, 0.1) is 12.7 Å². The SMILES string of the molecule is CNC(Sc1ccc(F)c(C)c1)C(=O)O. The van der Waals surface area contributed by atoms with E-state index < -0.39 is 11.3 Å². The van der Waals surface area contributed by atoms with Gasteiger partial charge in [0.1, 0.15) is 5.82 Å². The number of likely N-dealkylation sites (N-methyl/N-ethyl adjacent to an activating group) is 1. The quantitative estimate of drug-likeness (QED) is 0.611. The van der Waals surface area contributed by atoms with Crippen molar-refractivity contribution in [2.24, 2.45) is 0 Å². The molecule has 0 aliphatic rings. The molecule has 0 amide bonds. The fraction of sp³-hybridized carbons (Fsp3) is 0.300. The highest BCUT2D eigenvalue weighted by Crippen LogP contribution is 2.23. The van der Waals surface area contributed by atoms with Gasteiger partial charge < -0.3 is 5.11 Å². The molecular weight excluding hydrogens is 217 g/mol. The number of carboxylic acid groups (broad SMARTS) is 1. The number of rotatable bonds is 4. The number of nitrogens with one attached hydrogen (secondary N) is 1. The molecule has 0 saturated carbocycles. The Kier molecular flexibility index (Phi) is 4.11. The maximum Gasteiger partial charge on any atom is 0.331 e. The molecule has 0 radical (unpaired) electrons. The van der Waals surface area contributed by atoms with Crippen LogP contribution in [0.5, 0.6) is 0 Å². The highest BCUT2D eigenvalue weighted by Gasteiger charge is 2.16. The third-order valence-corrected chi connectivity index (χ3v) is 3.07. The fourth-order valence-electron chi connectivity index (χ4n) is 1.06. The summed E-state index contributed by atoms with van der Waals surface area (Å²) in [5.41, 5.74) is 0.514. The molecule has 5 heteroatoms. The largest absolute Gasteiger partial charge is 0.479 e. The molecule has 2 N–H and O–H groups in total. The second-order valence-electron chi connectivity index (χ2n) is 3.04. The summed E-state index contributed by atoms with van der Waals surface area (Å²) in [5.74, 6) is -1.22. The molecule has 82 valence electrons. The first-order chi connectivity index (χ1) is 7.04. The highest BCUT2D eigenvalue weighted by atomic mass is 32.2. The van der Waals surface area contributed by atoms with Gasteiger partial charge in [0.2, 0.25) is 0 Å². The lowest BCUT2D eigenvalue weighted by molar-refractivity contribution is -0.136. The molecule has 1 unspecified atom stereocenters. The first-order valence-electron chi connectivity index (χ1n) is 4.37. The standard InChI is InChI=1S/C10H12FNO2S/c1-6-5-7(3-4-8(6)11)15-9(12-2)10(13)14/h3-5,9,12H,1-2H3,(H,13,14). The summed E-state index contributed by atoms with van der Waals surface area (Å²) in [6.07, 6.45) is 0. The molecule has 1 atom stereocenters. The Balaban J connectivity index is 2.80. The van der Waals surface area contributed by atoms with E-state index in [1.807, 2.05) is 0 Å². The van der Waals surface area contributed by atoms with Crippen LogP contribution in [0.15, 0.2) is 23.1 Å². The van der Waals surface area contributed by atoms with Gasteiger partial charge in [-0.2, -0.15) is 0 Å². The zero-order chi connectivity index (χ0) is 11.4. The summed E-state index contributed by atoms with van der Waals surface area (Å²) < 4.78 is 12.9. The van der Waals surface area contributed by atoms with Gasteiger partial charge in [-0.05, 0) is 37.7 Å². The second kappa shape index (κ2) is 5.14. The van der Waals surface area contributed by atoms with Gasteiger partial charge in [0, 0.05) is 4.90 Å². The average molecular weight is 229 g/mol. The van der Waals surface area contributed by atoms with E-state index in [9.17, 15) is 9.18 Å². The van der Waals surface area contributed by atoms with E-state index in [1.165, 1.54) is 6.07 Å². The zero-order valence-corrected chi connectivity index (χ0v) is 9.27. The lowest BCUT2D eigenvalue weighted by Crippen LogP contribution is -2.30. The van der Waals surface area contributed by atoms with E-state index in [-0.39, 0.29) is 5.82 Å². The Bertz CT molecular complexity index is 370. The predicted octanol–water partition coefficient (Wildman–Crippen LogP) is 1.86. The third-order valence-electron chi connectivity index (χ3n) is 1.87. The van der Waals surface area contributed by atoms with Crippen molar-refractivity contribution in [3.8, 4) is 0 Å². The maximum absolute atomic E-state index is 12.9. The minimum Gasteiger partial charge on any atom is -0.479 e. The van der Waals surface area contributed by atoms with E-state index >= 15 is 0 Å². The molecule has 0 aromatic heterocycles. The molecule has 15 heavy (non-hydrogen) atoms. The van der Waals surface area contributed by atoms with Crippen molar-refractivity contribution < 1.29 is 14.3 Å². The van der Waals surface area contributed by atoms with Crippen LogP contribution in [-0.2, 0) is 4.79 Å². The summed E-state index contributed by atoms with van der Waals surface area (Å²) in [4.78, 5) is 11.5. The van der Waals surface area contributed by atoms with Crippen LogP contribution in [0.1, 0.15) is 5.56 Å². The number of aliphatic carboxylic acids is 1. The van der Waals surface area contributed by atoms with Gasteiger partial charge in [-0.1, -0.05) is 11.8 Å². The van der Waals surface area contributed by atoms with Gasteiger partial charge in [-0.15, -0.1) is 0 Å². The lowest BCUT2D eigenvalue weighted by atomic mass is 10.2. The smallest absolute Gasteiger partial charge is 0.331 e. The number of carboxylic acids is 1. The Morgan fingerprint density at radius 3 is 2.73 bits per heavy atom. The van der Waals surface area contributed by atoms with Gasteiger partial charge in [0.05, 0.1) is 0 Å². The Labute approximate surface area is 91.7 Å². The molecule has 1 aromatic rings. The molecule has 0 aliphatic heterocycles. The van der Waals surface area contributed by atoms with Gasteiger partial charge in [0.25, 0.3) is 0 Å². The van der Waals surface area contributed by atoms with Crippen molar-refractivity contribution >= 4 is 17.7 Å². The normalized spacial score (nSPS) is 12.5. The summed E-state index contributed by atoms with van der Waals surface area (Å²) in [7, 11) is 1.57. The van der Waals surface area contributed by atoms with E-state index in [4.69, 9.17) is 5.11 Å². The predicted molar refractivity (Wildman–Crippen MR) is 57.5 cm³/mol. The van der Waals surface area contributed by atoms with Gasteiger partial charge >= 0.3 is 5.97 Å². The van der Waals surface area contributed by atoms with E-state index in [0.717, 1.165) is 16.7 Å². The highest BCUT2D eigenvalue weighted by molar-refractivity contribution is 8.00. The van der Waals surface area contributed by atoms with Crippen molar-refractivity contribution in [3.05, 3.63) is 29.6 Å². The maximum atomic E-state index is 12.9. The molecule has 0 aliphatic carbocycles. The van der Waals surface area contributed by atoms with E-state index in [0.29, 0.717) is 5.56 Å². The van der Waals surface area contributed by atoms with Crippen LogP contribution in [0.25, 0.3) is 0 Å². The first kappa shape index (κ1) is 12.0. The average Bonchev–Trinajstić information content (AvgIpc) is 2.19. The molecule has 3 nitrogen and oxygen atoms in total. The lowest BCUT2D eigenvalue weighted by Gasteiger charge is -2.10. The van der Waals surface area contributed by atoms with E-state index in [1.54, 1.807) is 26.1 Å². The molecule has 1 rings (SSSR count). The van der Waals surface area contributed by atoms with Crippen molar-refractivity contribution in [1.82, 2.24) is 5.32 Å². The van der Waals surface area contributed by atoms with Crippen LogP contribution in [0.4, 0.5) is 4.39 Å². The zero-order valence-electron chi connectivity index (χ0n) is 8.45. The third kappa shape index (κ3) is 3.21. The van der Waals surface area contributed by atoms with Crippen LogP contribution in [-0.4, -0.2) is 23.5 Å². The number of thioether (sulfide) groups is 1. The van der Waals surface area contributed by atoms with Crippen molar-refractivity contribution in [2.75, 3.05) is 7.05 Å². The van der Waals surface area contributed by atoms with Gasteiger partial charge in [-0.25, -0.2) is 9.18 Å². The van der Waals surface area contributed by atoms with E-state index in [2.05, 4.69) is 5.32 Å². The first-order valence-corrected chi connectivity index (χ1v) is 5.25. The summed E-state index contributed by atoms with van der Waals surface area (Å²) in [6.45, 7) is 1.65. The number of hydrogen-bond donors (Lipinski definition) is 2. The summed E-state index contributed by atoms with van der Waals surface area (Å²) in [6, 6.07) is 4.54. The molecule has 0 bridgehead atoms. The van der Waals surface area contributed by atoms with Crippen LogP contribution >= 0.6 is 11.8 Å². The number of halogens is 1. The minimum atomic E-state index is -0.940. The molecular formula is C10H12FNO2S. The van der Waals surface area contributed by atoms with Crippen LogP contribution < -0.4 is 5.32 Å². The number of hydrogen-bond acceptors (Lipinski definition) is 3. The summed E-state index contributed by atoms with van der Waals surface area (Å²) >= 11 is 1.14. The van der Waals surface area contributed by atoms with Crippen LogP contribution in [0.2, 0.25) is 0 Å². The molecule has 1 aromatic carbocycles. The van der Waals surface area contributed by atoms with Crippen molar-refractivity contribution in [2.45, 2.75) is 17.2 Å². The number of benzene rings is 1. The number of aryl methyl sites for hydroxylation is 1. The number of carbonyl (C=O) groups is 1.